The number of hydrogen-bond donors (Lipinski definition) is 2. The fourth-order valence-corrected chi connectivity index (χ4v) is 2.85. The molecule has 21 heavy (non-hydrogen) atoms. The van der Waals surface area contributed by atoms with Crippen LogP contribution in [0.15, 0.2) is 11.6 Å². The number of aliphatic carboxylic acids is 1. The lowest BCUT2D eigenvalue weighted by Gasteiger charge is -2.37. The Morgan fingerprint density at radius 1 is 1.52 bits per heavy atom. The Hall–Kier alpha value is -1.40. The molecule has 0 bridgehead atoms. The molecule has 0 saturated carbocycles. The smallest absolute Gasteiger partial charge is 0.331 e. The largest absolute Gasteiger partial charge is 0.478 e. The normalized spacial score (nSPS) is 31.7. The van der Waals surface area contributed by atoms with Gasteiger partial charge in [0.05, 0.1) is 31.0 Å². The van der Waals surface area contributed by atoms with E-state index in [1.165, 1.54) is 6.92 Å². The maximum absolute atomic E-state index is 11.5. The summed E-state index contributed by atoms with van der Waals surface area (Å²) >= 11 is 0. The van der Waals surface area contributed by atoms with E-state index in [4.69, 9.17) is 9.47 Å². The van der Waals surface area contributed by atoms with Gasteiger partial charge in [-0.2, -0.15) is 0 Å². The molecular weight excluding hydrogens is 274 g/mol. The van der Waals surface area contributed by atoms with Crippen LogP contribution in [0.3, 0.4) is 0 Å². The van der Waals surface area contributed by atoms with E-state index in [1.807, 2.05) is 13.8 Å². The van der Waals surface area contributed by atoms with Crippen LogP contribution in [0.4, 0.5) is 0 Å². The summed E-state index contributed by atoms with van der Waals surface area (Å²) < 4.78 is 11.1. The molecule has 0 aromatic heterocycles. The average Bonchev–Trinajstić information content (AvgIpc) is 3.15. The first-order valence-electron chi connectivity index (χ1n) is 7.35. The Balaban J connectivity index is 2.21. The van der Waals surface area contributed by atoms with Gasteiger partial charge in [0.1, 0.15) is 0 Å². The summed E-state index contributed by atoms with van der Waals surface area (Å²) in [6, 6.07) is -0.211. The van der Waals surface area contributed by atoms with Crippen LogP contribution in [-0.4, -0.2) is 47.9 Å². The molecule has 6 nitrogen and oxygen atoms in total. The molecule has 1 heterocycles. The van der Waals surface area contributed by atoms with Gasteiger partial charge in [-0.05, 0) is 38.7 Å². The lowest BCUT2D eigenvalue weighted by Crippen LogP contribution is -2.51. The monoisotopic (exact) mass is 297 g/mol. The van der Waals surface area contributed by atoms with Gasteiger partial charge in [0.15, 0.2) is 0 Å². The zero-order chi connectivity index (χ0) is 15.6. The van der Waals surface area contributed by atoms with Gasteiger partial charge in [-0.1, -0.05) is 0 Å². The molecule has 6 heteroatoms. The number of carboxylic acid groups (broad SMARTS) is 1. The van der Waals surface area contributed by atoms with E-state index in [0.717, 1.165) is 6.42 Å². The number of epoxide rings is 1. The molecule has 0 aromatic carbocycles. The Morgan fingerprint density at radius 2 is 2.19 bits per heavy atom. The molecule has 1 fully saturated rings. The zero-order valence-corrected chi connectivity index (χ0v) is 12.7. The maximum atomic E-state index is 11.5. The number of rotatable bonds is 6. The number of carbonyl (C=O) groups excluding carboxylic acids is 1. The summed E-state index contributed by atoms with van der Waals surface area (Å²) in [7, 11) is 0. The fraction of sp³-hybridized carbons (Fsp3) is 0.733. The van der Waals surface area contributed by atoms with Crippen molar-refractivity contribution in [1.82, 2.24) is 5.32 Å². The fourth-order valence-electron chi connectivity index (χ4n) is 2.85. The number of ether oxygens (including phenoxy) is 2. The molecule has 2 aliphatic rings. The molecule has 2 rings (SSSR count). The van der Waals surface area contributed by atoms with Crippen molar-refractivity contribution >= 4 is 11.9 Å². The number of hydrogen-bond acceptors (Lipinski definition) is 4. The maximum Gasteiger partial charge on any atom is 0.331 e. The molecule has 0 spiro atoms. The first kappa shape index (κ1) is 16.0. The van der Waals surface area contributed by atoms with Gasteiger partial charge in [-0.15, -0.1) is 0 Å². The van der Waals surface area contributed by atoms with Crippen molar-refractivity contribution in [2.24, 2.45) is 5.92 Å². The van der Waals surface area contributed by atoms with Crippen molar-refractivity contribution < 1.29 is 24.2 Å². The molecule has 118 valence electrons. The van der Waals surface area contributed by atoms with Crippen LogP contribution >= 0.6 is 0 Å². The molecule has 0 radical (unpaired) electrons. The van der Waals surface area contributed by atoms with Crippen molar-refractivity contribution in [2.75, 3.05) is 6.61 Å². The van der Waals surface area contributed by atoms with E-state index < -0.39 is 12.1 Å². The van der Waals surface area contributed by atoms with Gasteiger partial charge >= 0.3 is 5.97 Å². The predicted molar refractivity (Wildman–Crippen MR) is 75.8 cm³/mol. The summed E-state index contributed by atoms with van der Waals surface area (Å²) in [4.78, 5) is 22.8. The van der Waals surface area contributed by atoms with E-state index in [-0.39, 0.29) is 30.1 Å². The summed E-state index contributed by atoms with van der Waals surface area (Å²) in [5.74, 6) is -1.04. The molecule has 4 atom stereocenters. The highest BCUT2D eigenvalue weighted by molar-refractivity contribution is 5.87. The lowest BCUT2D eigenvalue weighted by molar-refractivity contribution is -0.133. The minimum Gasteiger partial charge on any atom is -0.478 e. The average molecular weight is 297 g/mol. The molecule has 0 aromatic rings. The van der Waals surface area contributed by atoms with Crippen LogP contribution in [0.25, 0.3) is 0 Å². The van der Waals surface area contributed by atoms with Gasteiger partial charge in [0.25, 0.3) is 0 Å². The zero-order valence-electron chi connectivity index (χ0n) is 12.7. The first-order chi connectivity index (χ1) is 9.86. The highest BCUT2D eigenvalue weighted by Gasteiger charge is 2.40. The molecule has 1 amide bonds. The van der Waals surface area contributed by atoms with Crippen LogP contribution in [0, 0.1) is 5.92 Å². The number of carboxylic acids is 1. The molecule has 1 unspecified atom stereocenters. The Bertz CT molecular complexity index is 441. The number of carbonyl (C=O) groups is 2. The first-order valence-corrected chi connectivity index (χ1v) is 7.35. The quantitative estimate of drug-likeness (QED) is 0.717. The second-order valence-electron chi connectivity index (χ2n) is 6.03. The lowest BCUT2D eigenvalue weighted by atomic mass is 9.80. The topological polar surface area (TPSA) is 88.2 Å². The van der Waals surface area contributed by atoms with Gasteiger partial charge in [-0.25, -0.2) is 4.79 Å². The van der Waals surface area contributed by atoms with Gasteiger partial charge in [0.2, 0.25) is 5.91 Å². The van der Waals surface area contributed by atoms with Crippen molar-refractivity contribution in [3.05, 3.63) is 11.6 Å². The van der Waals surface area contributed by atoms with Crippen LogP contribution in [0.1, 0.15) is 33.6 Å². The van der Waals surface area contributed by atoms with Crippen molar-refractivity contribution in [2.45, 2.75) is 58.0 Å². The van der Waals surface area contributed by atoms with E-state index in [1.54, 1.807) is 6.08 Å². The summed E-state index contributed by atoms with van der Waals surface area (Å²) in [5.41, 5.74) is 0.355. The molecule has 2 N–H and O–H groups in total. The Labute approximate surface area is 124 Å². The third-order valence-corrected chi connectivity index (χ3v) is 3.75. The molecule has 1 aliphatic heterocycles. The third-order valence-electron chi connectivity index (χ3n) is 3.75. The van der Waals surface area contributed by atoms with Crippen molar-refractivity contribution in [3.8, 4) is 0 Å². The minimum atomic E-state index is -0.921. The van der Waals surface area contributed by atoms with Gasteiger partial charge < -0.3 is 19.9 Å². The predicted octanol–water partition coefficient (Wildman–Crippen LogP) is 1.10. The van der Waals surface area contributed by atoms with Gasteiger partial charge in [-0.3, -0.25) is 4.79 Å². The van der Waals surface area contributed by atoms with Crippen LogP contribution in [-0.2, 0) is 19.1 Å². The molecule has 1 aliphatic carbocycles. The SMILES string of the molecule is CC(=O)N[C@@H]1[C@@H](CC2CO2)CC(C(=O)O)=C[C@H]1OC(C)C. The molecular formula is C15H23NO5. The summed E-state index contributed by atoms with van der Waals surface area (Å²) in [6.45, 7) is 5.97. The van der Waals surface area contributed by atoms with E-state index >= 15 is 0 Å². The van der Waals surface area contributed by atoms with Crippen LogP contribution in [0.2, 0.25) is 0 Å². The number of amides is 1. The Morgan fingerprint density at radius 3 is 2.67 bits per heavy atom. The second-order valence-corrected chi connectivity index (χ2v) is 6.03. The van der Waals surface area contributed by atoms with E-state index in [0.29, 0.717) is 18.6 Å². The standard InChI is InChI=1S/C15H23NO5/c1-8(2)21-13-6-11(15(18)19)4-10(5-12-7-20-12)14(13)16-9(3)17/h6,8,10,12-14H,4-5,7H2,1-3H3,(H,16,17)(H,18,19)/t10-,12?,13-,14-/m1/s1. The minimum absolute atomic E-state index is 0.0150. The summed E-state index contributed by atoms with van der Waals surface area (Å²) in [6.07, 6.45) is 2.52. The molecule has 1 saturated heterocycles. The van der Waals surface area contributed by atoms with Crippen molar-refractivity contribution in [3.63, 3.8) is 0 Å². The van der Waals surface area contributed by atoms with E-state index in [9.17, 15) is 14.7 Å². The highest BCUT2D eigenvalue weighted by atomic mass is 16.6. The third kappa shape index (κ3) is 4.54. The Kier molecular flexibility index (Phi) is 5.00. The van der Waals surface area contributed by atoms with Crippen molar-refractivity contribution in [1.29, 1.82) is 0 Å². The van der Waals surface area contributed by atoms with Crippen LogP contribution < -0.4 is 5.32 Å². The highest BCUT2D eigenvalue weighted by Crippen LogP contribution is 2.33. The summed E-state index contributed by atoms with van der Waals surface area (Å²) in [5, 5.41) is 12.2. The van der Waals surface area contributed by atoms with Gasteiger partial charge in [0, 0.05) is 12.5 Å². The van der Waals surface area contributed by atoms with Crippen LogP contribution in [0.5, 0.6) is 0 Å². The number of nitrogens with one attached hydrogen (secondary N) is 1. The van der Waals surface area contributed by atoms with E-state index in [2.05, 4.69) is 5.32 Å². The second kappa shape index (κ2) is 6.58.